The molecule has 3 unspecified atom stereocenters. The monoisotopic (exact) mass is 188 g/mol. The molecule has 78 valence electrons. The van der Waals surface area contributed by atoms with Gasteiger partial charge in [0, 0.05) is 12.6 Å². The van der Waals surface area contributed by atoms with Gasteiger partial charge in [-0.3, -0.25) is 0 Å². The van der Waals surface area contributed by atoms with Gasteiger partial charge in [-0.2, -0.15) is 0 Å². The normalized spacial score (nSPS) is 30.7. The van der Waals surface area contributed by atoms with E-state index in [2.05, 4.69) is 5.32 Å². The van der Waals surface area contributed by atoms with E-state index in [0.29, 0.717) is 25.0 Å². The van der Waals surface area contributed by atoms with Crippen LogP contribution in [0.5, 0.6) is 0 Å². The number of hydrogen-bond acceptors (Lipinski definition) is 4. The lowest BCUT2D eigenvalue weighted by molar-refractivity contribution is 0.0906. The Kier molecular flexibility index (Phi) is 4.66. The van der Waals surface area contributed by atoms with Gasteiger partial charge in [0.05, 0.1) is 12.7 Å². The van der Waals surface area contributed by atoms with E-state index in [4.69, 9.17) is 15.9 Å². The molecule has 1 aliphatic carbocycles. The molecular formula is C9H20N2O2. The van der Waals surface area contributed by atoms with Crippen molar-refractivity contribution in [1.29, 1.82) is 0 Å². The summed E-state index contributed by atoms with van der Waals surface area (Å²) in [6.07, 6.45) is 2.90. The fourth-order valence-electron chi connectivity index (χ4n) is 1.94. The van der Waals surface area contributed by atoms with Gasteiger partial charge in [0.2, 0.25) is 0 Å². The van der Waals surface area contributed by atoms with Gasteiger partial charge < -0.3 is 21.3 Å². The number of nitrogens with two attached hydrogens (primary N) is 1. The summed E-state index contributed by atoms with van der Waals surface area (Å²) in [6.45, 7) is 1.01. The maximum Gasteiger partial charge on any atom is 0.0895 e. The lowest BCUT2D eigenvalue weighted by Crippen LogP contribution is -2.41. The maximum absolute atomic E-state index is 9.13. The first kappa shape index (κ1) is 10.9. The first-order valence-corrected chi connectivity index (χ1v) is 5.00. The molecule has 5 N–H and O–H groups in total. The molecule has 0 aromatic heterocycles. The van der Waals surface area contributed by atoms with Gasteiger partial charge in [0.1, 0.15) is 0 Å². The molecule has 0 saturated heterocycles. The highest BCUT2D eigenvalue weighted by atomic mass is 16.3. The Labute approximate surface area is 79.1 Å². The van der Waals surface area contributed by atoms with Gasteiger partial charge in [-0.25, -0.2) is 0 Å². The van der Waals surface area contributed by atoms with Gasteiger partial charge in [-0.05, 0) is 25.3 Å². The topological polar surface area (TPSA) is 78.5 Å². The average Bonchev–Trinajstić information content (AvgIpc) is 2.61. The van der Waals surface area contributed by atoms with Crippen molar-refractivity contribution in [1.82, 2.24) is 5.32 Å². The zero-order valence-electron chi connectivity index (χ0n) is 7.95. The van der Waals surface area contributed by atoms with Crippen molar-refractivity contribution >= 4 is 0 Å². The second-order valence-electron chi connectivity index (χ2n) is 3.78. The van der Waals surface area contributed by atoms with E-state index in [9.17, 15) is 0 Å². The maximum atomic E-state index is 9.13. The summed E-state index contributed by atoms with van der Waals surface area (Å²) in [5.41, 5.74) is 5.61. The van der Waals surface area contributed by atoms with Gasteiger partial charge in [-0.15, -0.1) is 0 Å². The molecule has 0 heterocycles. The van der Waals surface area contributed by atoms with Crippen LogP contribution in [-0.4, -0.2) is 42.1 Å². The molecule has 1 aliphatic rings. The van der Waals surface area contributed by atoms with Gasteiger partial charge in [0.25, 0.3) is 0 Å². The van der Waals surface area contributed by atoms with Crippen LogP contribution < -0.4 is 11.1 Å². The molecule has 1 rings (SSSR count). The minimum Gasteiger partial charge on any atom is -0.394 e. The van der Waals surface area contributed by atoms with Crippen molar-refractivity contribution in [3.8, 4) is 0 Å². The molecule has 0 aliphatic heterocycles. The highest BCUT2D eigenvalue weighted by Crippen LogP contribution is 2.24. The second-order valence-corrected chi connectivity index (χ2v) is 3.78. The van der Waals surface area contributed by atoms with E-state index in [1.165, 1.54) is 12.8 Å². The number of nitrogens with one attached hydrogen (secondary N) is 1. The molecule has 1 fully saturated rings. The standard InChI is InChI=1S/C9H20N2O2/c10-4-7-2-1-3-9(7)11-5-8(13)6-12/h7-9,11-13H,1-6,10H2. The van der Waals surface area contributed by atoms with Crippen molar-refractivity contribution < 1.29 is 10.2 Å². The predicted molar refractivity (Wildman–Crippen MR) is 51.3 cm³/mol. The molecule has 0 spiro atoms. The van der Waals surface area contributed by atoms with Gasteiger partial charge >= 0.3 is 0 Å². The van der Waals surface area contributed by atoms with E-state index in [0.717, 1.165) is 6.42 Å². The third kappa shape index (κ3) is 3.23. The number of aliphatic hydroxyl groups is 2. The van der Waals surface area contributed by atoms with E-state index < -0.39 is 6.10 Å². The Morgan fingerprint density at radius 1 is 1.46 bits per heavy atom. The quantitative estimate of drug-likeness (QED) is 0.449. The van der Waals surface area contributed by atoms with Crippen LogP contribution in [0.2, 0.25) is 0 Å². The lowest BCUT2D eigenvalue weighted by Gasteiger charge is -2.20. The number of hydrogen-bond donors (Lipinski definition) is 4. The number of aliphatic hydroxyl groups excluding tert-OH is 2. The molecule has 4 nitrogen and oxygen atoms in total. The first-order valence-electron chi connectivity index (χ1n) is 5.00. The molecule has 4 heteroatoms. The van der Waals surface area contributed by atoms with Gasteiger partial charge in [0.15, 0.2) is 0 Å². The largest absolute Gasteiger partial charge is 0.394 e. The van der Waals surface area contributed by atoms with Gasteiger partial charge in [-0.1, -0.05) is 6.42 Å². The molecule has 13 heavy (non-hydrogen) atoms. The third-order valence-electron chi connectivity index (χ3n) is 2.79. The van der Waals surface area contributed by atoms with Crippen LogP contribution in [-0.2, 0) is 0 Å². The summed E-state index contributed by atoms with van der Waals surface area (Å²) >= 11 is 0. The van der Waals surface area contributed by atoms with Crippen LogP contribution in [0.3, 0.4) is 0 Å². The Balaban J connectivity index is 2.19. The van der Waals surface area contributed by atoms with E-state index in [-0.39, 0.29) is 6.61 Å². The number of rotatable bonds is 5. The van der Waals surface area contributed by atoms with Crippen molar-refractivity contribution in [3.05, 3.63) is 0 Å². The molecule has 3 atom stereocenters. The summed E-state index contributed by atoms with van der Waals surface area (Å²) < 4.78 is 0. The van der Waals surface area contributed by atoms with Crippen LogP contribution in [0, 0.1) is 5.92 Å². The van der Waals surface area contributed by atoms with Crippen LogP contribution >= 0.6 is 0 Å². The Bertz CT molecular complexity index is 144. The smallest absolute Gasteiger partial charge is 0.0895 e. The zero-order chi connectivity index (χ0) is 9.68. The summed E-state index contributed by atoms with van der Waals surface area (Å²) in [5, 5.41) is 21.0. The first-order chi connectivity index (χ1) is 6.27. The van der Waals surface area contributed by atoms with Crippen LogP contribution in [0.4, 0.5) is 0 Å². The Morgan fingerprint density at radius 2 is 2.23 bits per heavy atom. The van der Waals surface area contributed by atoms with Crippen molar-refractivity contribution in [2.75, 3.05) is 19.7 Å². The fraction of sp³-hybridized carbons (Fsp3) is 1.00. The van der Waals surface area contributed by atoms with Crippen molar-refractivity contribution in [2.45, 2.75) is 31.4 Å². The summed E-state index contributed by atoms with van der Waals surface area (Å²) in [4.78, 5) is 0. The van der Waals surface area contributed by atoms with Crippen LogP contribution in [0.15, 0.2) is 0 Å². The summed E-state index contributed by atoms with van der Waals surface area (Å²) in [6, 6.07) is 0.436. The highest BCUT2D eigenvalue weighted by Gasteiger charge is 2.25. The SMILES string of the molecule is NCC1CCCC1NCC(O)CO. The molecule has 0 aromatic carbocycles. The minimum atomic E-state index is -0.640. The summed E-state index contributed by atoms with van der Waals surface area (Å²) in [5.74, 6) is 0.547. The Morgan fingerprint density at radius 3 is 2.85 bits per heavy atom. The van der Waals surface area contributed by atoms with Crippen molar-refractivity contribution in [2.24, 2.45) is 11.7 Å². The molecule has 0 aromatic rings. The highest BCUT2D eigenvalue weighted by molar-refractivity contribution is 4.84. The van der Waals surface area contributed by atoms with Crippen molar-refractivity contribution in [3.63, 3.8) is 0 Å². The third-order valence-corrected chi connectivity index (χ3v) is 2.79. The van der Waals surface area contributed by atoms with E-state index in [1.54, 1.807) is 0 Å². The molecule has 1 saturated carbocycles. The van der Waals surface area contributed by atoms with E-state index in [1.807, 2.05) is 0 Å². The fourth-order valence-corrected chi connectivity index (χ4v) is 1.94. The molecule has 0 radical (unpaired) electrons. The molecule has 0 amide bonds. The second kappa shape index (κ2) is 5.54. The molecular weight excluding hydrogens is 168 g/mol. The average molecular weight is 188 g/mol. The lowest BCUT2D eigenvalue weighted by atomic mass is 10.0. The van der Waals surface area contributed by atoms with Crippen LogP contribution in [0.25, 0.3) is 0 Å². The predicted octanol–water partition coefficient (Wildman–Crippen LogP) is -0.943. The Hall–Kier alpha value is -0.160. The zero-order valence-corrected chi connectivity index (χ0v) is 7.95. The summed E-state index contributed by atoms with van der Waals surface area (Å²) in [7, 11) is 0. The van der Waals surface area contributed by atoms with E-state index >= 15 is 0 Å². The van der Waals surface area contributed by atoms with Crippen LogP contribution in [0.1, 0.15) is 19.3 Å². The minimum absolute atomic E-state index is 0.174. The molecule has 0 bridgehead atoms.